The van der Waals surface area contributed by atoms with Crippen LogP contribution < -0.4 is 5.32 Å². The van der Waals surface area contributed by atoms with E-state index in [1.807, 2.05) is 6.08 Å². The number of carboxylic acids is 1. The topological polar surface area (TPSA) is 66.4 Å². The van der Waals surface area contributed by atoms with Crippen LogP contribution in [-0.2, 0) is 9.59 Å². The number of allylic oxidation sites excluding steroid dienone is 1. The van der Waals surface area contributed by atoms with E-state index in [0.717, 1.165) is 45.1 Å². The van der Waals surface area contributed by atoms with Crippen LogP contribution in [0.4, 0.5) is 0 Å². The summed E-state index contributed by atoms with van der Waals surface area (Å²) in [5.41, 5.74) is 0. The van der Waals surface area contributed by atoms with Gasteiger partial charge in [0.2, 0.25) is 5.91 Å². The molecule has 0 aromatic rings. The number of hydrogen-bond donors (Lipinski definition) is 2. The summed E-state index contributed by atoms with van der Waals surface area (Å²) in [6, 6.07) is 0. The first-order chi connectivity index (χ1) is 13.7. The Bertz CT molecular complexity index is 382. The van der Waals surface area contributed by atoms with Crippen LogP contribution in [0.2, 0.25) is 0 Å². The van der Waals surface area contributed by atoms with E-state index in [1.165, 1.54) is 70.6 Å². The molecule has 0 unspecified atom stereocenters. The van der Waals surface area contributed by atoms with Crippen molar-refractivity contribution in [3.05, 3.63) is 12.7 Å². The van der Waals surface area contributed by atoms with Crippen LogP contribution in [0.15, 0.2) is 12.7 Å². The van der Waals surface area contributed by atoms with Crippen LogP contribution in [0.5, 0.6) is 0 Å². The van der Waals surface area contributed by atoms with E-state index in [0.29, 0.717) is 12.8 Å². The van der Waals surface area contributed by atoms with Crippen molar-refractivity contribution in [3.8, 4) is 0 Å². The van der Waals surface area contributed by atoms with Gasteiger partial charge < -0.3 is 10.4 Å². The number of nitrogens with one attached hydrogen (secondary N) is 1. The Morgan fingerprint density at radius 3 is 1.50 bits per heavy atom. The molecule has 1 amide bonds. The zero-order chi connectivity index (χ0) is 20.7. The number of carbonyl (C=O) groups excluding carboxylic acids is 1. The second-order valence-corrected chi connectivity index (χ2v) is 7.98. The average Bonchev–Trinajstić information content (AvgIpc) is 2.67. The lowest BCUT2D eigenvalue weighted by Gasteiger charge is -2.05. The van der Waals surface area contributed by atoms with Crippen molar-refractivity contribution in [1.29, 1.82) is 0 Å². The van der Waals surface area contributed by atoms with Crippen molar-refractivity contribution in [1.82, 2.24) is 5.32 Å². The maximum absolute atomic E-state index is 11.7. The smallest absolute Gasteiger partial charge is 0.303 e. The van der Waals surface area contributed by atoms with E-state index in [4.69, 9.17) is 5.11 Å². The first-order valence-corrected chi connectivity index (χ1v) is 11.8. The number of hydrogen-bond acceptors (Lipinski definition) is 2. The summed E-state index contributed by atoms with van der Waals surface area (Å²) in [4.78, 5) is 22.1. The van der Waals surface area contributed by atoms with Gasteiger partial charge in [0.1, 0.15) is 0 Å². The average molecular weight is 396 g/mol. The van der Waals surface area contributed by atoms with E-state index in [1.54, 1.807) is 0 Å². The van der Waals surface area contributed by atoms with E-state index >= 15 is 0 Å². The summed E-state index contributed by atoms with van der Waals surface area (Å²) < 4.78 is 0. The van der Waals surface area contributed by atoms with Crippen molar-refractivity contribution in [3.63, 3.8) is 0 Å². The highest BCUT2D eigenvalue weighted by Crippen LogP contribution is 2.13. The zero-order valence-corrected chi connectivity index (χ0v) is 18.2. The zero-order valence-electron chi connectivity index (χ0n) is 18.2. The molecule has 0 aliphatic heterocycles. The maximum atomic E-state index is 11.7. The Morgan fingerprint density at radius 2 is 1.07 bits per heavy atom. The van der Waals surface area contributed by atoms with Crippen molar-refractivity contribution in [2.75, 3.05) is 6.54 Å². The van der Waals surface area contributed by atoms with Crippen LogP contribution >= 0.6 is 0 Å². The second-order valence-electron chi connectivity index (χ2n) is 7.98. The normalized spacial score (nSPS) is 10.7. The highest BCUT2D eigenvalue weighted by molar-refractivity contribution is 5.75. The van der Waals surface area contributed by atoms with Crippen molar-refractivity contribution >= 4 is 11.9 Å². The number of unbranched alkanes of at least 4 members (excludes halogenated alkanes) is 15. The molecular formula is C24H45NO3. The molecule has 0 rings (SSSR count). The summed E-state index contributed by atoms with van der Waals surface area (Å²) >= 11 is 0. The van der Waals surface area contributed by atoms with Crippen molar-refractivity contribution < 1.29 is 14.7 Å². The van der Waals surface area contributed by atoms with Gasteiger partial charge in [-0.2, -0.15) is 0 Å². The van der Waals surface area contributed by atoms with Crippen molar-refractivity contribution in [2.45, 2.75) is 122 Å². The van der Waals surface area contributed by atoms with E-state index in [2.05, 4.69) is 11.9 Å². The predicted octanol–water partition coefficient (Wildman–Crippen LogP) is 6.79. The molecule has 4 heteroatoms. The third kappa shape index (κ3) is 22.7. The van der Waals surface area contributed by atoms with Crippen LogP contribution in [0.3, 0.4) is 0 Å². The molecule has 2 N–H and O–H groups in total. The number of amides is 1. The Labute approximate surface area is 173 Å². The molecule has 0 atom stereocenters. The Morgan fingerprint density at radius 1 is 0.643 bits per heavy atom. The highest BCUT2D eigenvalue weighted by atomic mass is 16.4. The van der Waals surface area contributed by atoms with Gasteiger partial charge in [-0.15, -0.1) is 6.58 Å². The van der Waals surface area contributed by atoms with Crippen LogP contribution in [0.25, 0.3) is 0 Å². The second kappa shape index (κ2) is 22.0. The third-order valence-corrected chi connectivity index (χ3v) is 5.20. The van der Waals surface area contributed by atoms with Crippen molar-refractivity contribution in [2.24, 2.45) is 0 Å². The third-order valence-electron chi connectivity index (χ3n) is 5.20. The summed E-state index contributed by atoms with van der Waals surface area (Å²) in [6.07, 6.45) is 23.1. The monoisotopic (exact) mass is 395 g/mol. The number of carboxylic acid groups (broad SMARTS) is 1. The molecule has 0 bridgehead atoms. The molecule has 0 radical (unpaired) electrons. The van der Waals surface area contributed by atoms with Crippen LogP contribution in [0, 0.1) is 0 Å². The molecule has 28 heavy (non-hydrogen) atoms. The van der Waals surface area contributed by atoms with E-state index < -0.39 is 5.97 Å². The summed E-state index contributed by atoms with van der Waals surface area (Å²) in [5, 5.41) is 11.6. The maximum Gasteiger partial charge on any atom is 0.303 e. The van der Waals surface area contributed by atoms with E-state index in [9.17, 15) is 9.59 Å². The largest absolute Gasteiger partial charge is 0.481 e. The standard InChI is InChI=1S/C24H45NO3/c1-2-3-4-19-22-25-23(26)20-17-15-13-11-9-7-5-6-8-10-12-14-16-18-21-24(27)28/h2H,1,3-22H2,(H,25,26)(H,27,28). The molecule has 0 saturated heterocycles. The molecule has 0 saturated carbocycles. The van der Waals surface area contributed by atoms with Gasteiger partial charge >= 0.3 is 5.97 Å². The van der Waals surface area contributed by atoms with Gasteiger partial charge in [-0.1, -0.05) is 83.1 Å². The first kappa shape index (κ1) is 26.7. The molecule has 0 aliphatic carbocycles. The fourth-order valence-corrected chi connectivity index (χ4v) is 3.41. The molecule has 0 aromatic heterocycles. The molecule has 164 valence electrons. The molecule has 0 aromatic carbocycles. The quantitative estimate of drug-likeness (QED) is 0.157. The lowest BCUT2D eigenvalue weighted by atomic mass is 10.0. The van der Waals surface area contributed by atoms with E-state index in [-0.39, 0.29) is 5.91 Å². The highest BCUT2D eigenvalue weighted by Gasteiger charge is 2.00. The summed E-state index contributed by atoms with van der Waals surface area (Å²) in [5.74, 6) is -0.462. The molecule has 0 heterocycles. The number of carbonyl (C=O) groups is 2. The van der Waals surface area contributed by atoms with Gasteiger partial charge in [0.05, 0.1) is 0 Å². The molecule has 4 nitrogen and oxygen atoms in total. The lowest BCUT2D eigenvalue weighted by Crippen LogP contribution is -2.23. The molecule has 0 aliphatic rings. The lowest BCUT2D eigenvalue weighted by molar-refractivity contribution is -0.137. The SMILES string of the molecule is C=CCCCCNC(=O)CCCCCCCCCCCCCCCCC(=O)O. The van der Waals surface area contributed by atoms with Gasteiger partial charge in [0, 0.05) is 19.4 Å². The Kier molecular flexibility index (Phi) is 20.9. The number of aliphatic carboxylic acids is 1. The minimum atomic E-state index is -0.670. The first-order valence-electron chi connectivity index (χ1n) is 11.8. The molecule has 0 spiro atoms. The fraction of sp³-hybridized carbons (Fsp3) is 0.833. The molecule has 0 fully saturated rings. The minimum Gasteiger partial charge on any atom is -0.481 e. The minimum absolute atomic E-state index is 0.209. The summed E-state index contributed by atoms with van der Waals surface area (Å²) in [6.45, 7) is 4.50. The fourth-order valence-electron chi connectivity index (χ4n) is 3.41. The van der Waals surface area contributed by atoms with Gasteiger partial charge in [-0.05, 0) is 32.1 Å². The van der Waals surface area contributed by atoms with Crippen LogP contribution in [-0.4, -0.2) is 23.5 Å². The van der Waals surface area contributed by atoms with Gasteiger partial charge in [0.15, 0.2) is 0 Å². The Balaban J connectivity index is 3.12. The number of rotatable bonds is 22. The van der Waals surface area contributed by atoms with Gasteiger partial charge in [-0.25, -0.2) is 0 Å². The van der Waals surface area contributed by atoms with Gasteiger partial charge in [0.25, 0.3) is 0 Å². The Hall–Kier alpha value is -1.32. The predicted molar refractivity (Wildman–Crippen MR) is 119 cm³/mol. The van der Waals surface area contributed by atoms with Gasteiger partial charge in [-0.3, -0.25) is 9.59 Å². The summed E-state index contributed by atoms with van der Waals surface area (Å²) in [7, 11) is 0. The molecular weight excluding hydrogens is 350 g/mol. The van der Waals surface area contributed by atoms with Crippen LogP contribution in [0.1, 0.15) is 122 Å².